The number of nitriles is 1. The van der Waals surface area contributed by atoms with Crippen molar-refractivity contribution in [3.63, 3.8) is 0 Å². The Hall–Kier alpha value is -2.29. The van der Waals surface area contributed by atoms with E-state index in [2.05, 4.69) is 16.3 Å². The Morgan fingerprint density at radius 1 is 1.18 bits per heavy atom. The van der Waals surface area contributed by atoms with Crippen molar-refractivity contribution in [3.8, 4) is 11.8 Å². The summed E-state index contributed by atoms with van der Waals surface area (Å²) < 4.78 is 1.88. The molecule has 0 radical (unpaired) electrons. The van der Waals surface area contributed by atoms with E-state index in [-0.39, 0.29) is 0 Å². The molecule has 2 aromatic carbocycles. The van der Waals surface area contributed by atoms with Crippen molar-refractivity contribution in [2.75, 3.05) is 0 Å². The molecule has 3 rings (SSSR count). The topological polar surface area (TPSA) is 54.5 Å². The van der Waals surface area contributed by atoms with Crippen LogP contribution in [0, 0.1) is 11.3 Å². The fraction of sp³-hybridized carbons (Fsp3) is 0.0625. The summed E-state index contributed by atoms with van der Waals surface area (Å²) >= 11 is 7.56. The maximum Gasteiger partial charge on any atom is 0.195 e. The third-order valence-electron chi connectivity index (χ3n) is 3.10. The van der Waals surface area contributed by atoms with Crippen molar-refractivity contribution in [1.29, 1.82) is 5.26 Å². The van der Waals surface area contributed by atoms with Crippen LogP contribution in [-0.4, -0.2) is 14.8 Å². The lowest BCUT2D eigenvalue weighted by Gasteiger charge is -2.07. The summed E-state index contributed by atoms with van der Waals surface area (Å²) in [6.07, 6.45) is 1.66. The molecule has 0 N–H and O–H groups in total. The maximum atomic E-state index is 9.13. The van der Waals surface area contributed by atoms with Crippen molar-refractivity contribution in [3.05, 3.63) is 71.0 Å². The molecule has 22 heavy (non-hydrogen) atoms. The van der Waals surface area contributed by atoms with Crippen LogP contribution >= 0.6 is 23.4 Å². The quantitative estimate of drug-likeness (QED) is 0.678. The van der Waals surface area contributed by atoms with E-state index >= 15 is 0 Å². The van der Waals surface area contributed by atoms with Gasteiger partial charge in [-0.05, 0) is 29.8 Å². The summed E-state index contributed by atoms with van der Waals surface area (Å²) in [4.78, 5) is 0. The molecule has 3 aromatic rings. The zero-order valence-electron chi connectivity index (χ0n) is 11.5. The molecule has 0 spiro atoms. The molecule has 0 aliphatic rings. The minimum Gasteiger partial charge on any atom is -0.277 e. The Bertz CT molecular complexity index is 838. The summed E-state index contributed by atoms with van der Waals surface area (Å²) in [6, 6.07) is 17.3. The third-order valence-corrected chi connectivity index (χ3v) is 4.32. The first-order valence-electron chi connectivity index (χ1n) is 6.54. The molecule has 0 fully saturated rings. The van der Waals surface area contributed by atoms with Gasteiger partial charge in [-0.3, -0.25) is 4.57 Å². The van der Waals surface area contributed by atoms with Gasteiger partial charge in [0.2, 0.25) is 0 Å². The molecule has 0 aliphatic heterocycles. The van der Waals surface area contributed by atoms with Gasteiger partial charge in [0.1, 0.15) is 6.33 Å². The molecule has 0 saturated heterocycles. The highest BCUT2D eigenvalue weighted by Gasteiger charge is 2.09. The van der Waals surface area contributed by atoms with Gasteiger partial charge < -0.3 is 0 Å². The summed E-state index contributed by atoms with van der Waals surface area (Å²) in [5.41, 5.74) is 2.58. The van der Waals surface area contributed by atoms with Crippen LogP contribution in [0.2, 0.25) is 5.02 Å². The molecular weight excluding hydrogens is 316 g/mol. The van der Waals surface area contributed by atoms with E-state index in [0.717, 1.165) is 16.4 Å². The second-order valence-electron chi connectivity index (χ2n) is 4.52. The Balaban J connectivity index is 1.83. The number of rotatable bonds is 4. The predicted octanol–water partition coefficient (Wildman–Crippen LogP) is 4.08. The second kappa shape index (κ2) is 6.65. The highest BCUT2D eigenvalue weighted by atomic mass is 35.5. The molecule has 0 aliphatic carbocycles. The zero-order chi connectivity index (χ0) is 15.4. The summed E-state index contributed by atoms with van der Waals surface area (Å²) in [5.74, 6) is 0.656. The van der Waals surface area contributed by atoms with Gasteiger partial charge in [-0.1, -0.05) is 47.6 Å². The van der Waals surface area contributed by atoms with Crippen molar-refractivity contribution in [1.82, 2.24) is 14.8 Å². The normalized spacial score (nSPS) is 10.4. The molecule has 0 unspecified atom stereocenters. The van der Waals surface area contributed by atoms with Crippen molar-refractivity contribution < 1.29 is 0 Å². The lowest BCUT2D eigenvalue weighted by Crippen LogP contribution is -1.96. The van der Waals surface area contributed by atoms with Crippen LogP contribution in [-0.2, 0) is 5.75 Å². The molecule has 0 bridgehead atoms. The summed E-state index contributed by atoms with van der Waals surface area (Å²) in [7, 11) is 0. The SMILES string of the molecule is N#Cc1ccccc1CSc1nncn1-c1cccc(Cl)c1. The Morgan fingerprint density at radius 2 is 2.05 bits per heavy atom. The average molecular weight is 327 g/mol. The van der Waals surface area contributed by atoms with Gasteiger partial charge in [-0.2, -0.15) is 5.26 Å². The fourth-order valence-electron chi connectivity index (χ4n) is 2.02. The molecule has 0 atom stereocenters. The molecule has 1 aromatic heterocycles. The smallest absolute Gasteiger partial charge is 0.195 e. The number of halogens is 1. The van der Waals surface area contributed by atoms with Crippen molar-refractivity contribution in [2.24, 2.45) is 0 Å². The summed E-state index contributed by atoms with van der Waals surface area (Å²) in [5, 5.41) is 18.7. The van der Waals surface area contributed by atoms with Gasteiger partial charge in [0, 0.05) is 10.8 Å². The minimum atomic E-state index is 0.656. The van der Waals surface area contributed by atoms with E-state index in [9.17, 15) is 0 Å². The predicted molar refractivity (Wildman–Crippen MR) is 87.1 cm³/mol. The molecule has 0 amide bonds. The lowest BCUT2D eigenvalue weighted by molar-refractivity contribution is 0.884. The van der Waals surface area contributed by atoms with Crippen LogP contribution in [0.15, 0.2) is 60.0 Å². The highest BCUT2D eigenvalue weighted by Crippen LogP contribution is 2.25. The number of nitrogens with zero attached hydrogens (tertiary/aromatic N) is 4. The van der Waals surface area contributed by atoms with E-state index < -0.39 is 0 Å². The van der Waals surface area contributed by atoms with Crippen LogP contribution in [0.1, 0.15) is 11.1 Å². The highest BCUT2D eigenvalue weighted by molar-refractivity contribution is 7.98. The lowest BCUT2D eigenvalue weighted by atomic mass is 10.1. The van der Waals surface area contributed by atoms with Crippen LogP contribution in [0.4, 0.5) is 0 Å². The van der Waals surface area contributed by atoms with Gasteiger partial charge in [0.25, 0.3) is 0 Å². The first kappa shape index (κ1) is 14.6. The number of hydrogen-bond acceptors (Lipinski definition) is 4. The van der Waals surface area contributed by atoms with E-state index in [1.807, 2.05) is 53.1 Å². The molecule has 108 valence electrons. The zero-order valence-corrected chi connectivity index (χ0v) is 13.1. The first-order valence-corrected chi connectivity index (χ1v) is 7.91. The van der Waals surface area contributed by atoms with E-state index in [1.165, 1.54) is 11.8 Å². The Morgan fingerprint density at radius 3 is 2.86 bits per heavy atom. The van der Waals surface area contributed by atoms with E-state index in [0.29, 0.717) is 16.3 Å². The molecule has 0 saturated carbocycles. The van der Waals surface area contributed by atoms with Gasteiger partial charge >= 0.3 is 0 Å². The number of thioether (sulfide) groups is 1. The maximum absolute atomic E-state index is 9.13. The van der Waals surface area contributed by atoms with E-state index in [1.54, 1.807) is 6.33 Å². The van der Waals surface area contributed by atoms with Crippen LogP contribution < -0.4 is 0 Å². The van der Waals surface area contributed by atoms with Gasteiger partial charge in [-0.25, -0.2) is 0 Å². The van der Waals surface area contributed by atoms with Crippen molar-refractivity contribution >= 4 is 23.4 Å². The third kappa shape index (κ3) is 3.14. The van der Waals surface area contributed by atoms with Gasteiger partial charge in [0.15, 0.2) is 5.16 Å². The standard InChI is InChI=1S/C16H11ClN4S/c17-14-6-3-7-15(8-14)21-11-19-20-16(21)22-10-13-5-2-1-4-12(13)9-18/h1-8,11H,10H2. The number of hydrogen-bond donors (Lipinski definition) is 0. The Labute approximate surface area is 137 Å². The first-order chi connectivity index (χ1) is 10.8. The van der Waals surface area contributed by atoms with Crippen LogP contribution in [0.25, 0.3) is 5.69 Å². The van der Waals surface area contributed by atoms with Crippen LogP contribution in [0.5, 0.6) is 0 Å². The summed E-state index contributed by atoms with van der Waals surface area (Å²) in [6.45, 7) is 0. The van der Waals surface area contributed by atoms with E-state index in [4.69, 9.17) is 16.9 Å². The number of aromatic nitrogens is 3. The van der Waals surface area contributed by atoms with Crippen LogP contribution in [0.3, 0.4) is 0 Å². The second-order valence-corrected chi connectivity index (χ2v) is 5.90. The monoisotopic (exact) mass is 326 g/mol. The van der Waals surface area contributed by atoms with Gasteiger partial charge in [0.05, 0.1) is 17.3 Å². The Kier molecular flexibility index (Phi) is 4.42. The number of benzene rings is 2. The molecule has 4 nitrogen and oxygen atoms in total. The fourth-order valence-corrected chi connectivity index (χ4v) is 3.14. The molecular formula is C16H11ClN4S. The molecule has 6 heteroatoms. The average Bonchev–Trinajstić information content (AvgIpc) is 3.01. The van der Waals surface area contributed by atoms with Gasteiger partial charge in [-0.15, -0.1) is 10.2 Å². The molecule has 1 heterocycles. The minimum absolute atomic E-state index is 0.656. The van der Waals surface area contributed by atoms with Crippen molar-refractivity contribution in [2.45, 2.75) is 10.9 Å². The largest absolute Gasteiger partial charge is 0.277 e.